The molecular formula is C22H18ClF4N3O6. The smallest absolute Gasteiger partial charge is 0.431 e. The molecule has 0 N–H and O–H groups in total. The van der Waals surface area contributed by atoms with E-state index >= 15 is 0 Å². The number of nitrogens with zero attached hydrogens (tertiary/aromatic N) is 3. The van der Waals surface area contributed by atoms with Crippen LogP contribution < -0.4 is 20.7 Å². The van der Waals surface area contributed by atoms with E-state index in [9.17, 15) is 31.9 Å². The molecule has 0 spiro atoms. The molecule has 0 bridgehead atoms. The molecule has 3 aromatic rings. The number of hydroxylamine groups is 2. The summed E-state index contributed by atoms with van der Waals surface area (Å²) in [5, 5.41) is 0.885. The first-order valence-corrected chi connectivity index (χ1v) is 10.3. The zero-order chi connectivity index (χ0) is 26.8. The summed E-state index contributed by atoms with van der Waals surface area (Å²) in [5.74, 6) is -2.05. The molecule has 0 aliphatic heterocycles. The summed E-state index contributed by atoms with van der Waals surface area (Å²) in [5.41, 5.74) is -5.05. The third-order valence-electron chi connectivity index (χ3n) is 4.55. The van der Waals surface area contributed by atoms with Gasteiger partial charge in [-0.1, -0.05) is 23.7 Å². The number of carbonyl (C=O) groups excluding carboxylic acids is 1. The highest BCUT2D eigenvalue weighted by Gasteiger charge is 2.35. The van der Waals surface area contributed by atoms with Gasteiger partial charge < -0.3 is 14.3 Å². The fraction of sp³-hybridized carbons (Fsp3) is 0.227. The lowest BCUT2D eigenvalue weighted by Gasteiger charge is -2.16. The Bertz CT molecular complexity index is 1420. The molecule has 0 unspecified atom stereocenters. The number of ether oxygens (including phenoxy) is 2. The summed E-state index contributed by atoms with van der Waals surface area (Å²) in [6, 6.07) is 7.78. The van der Waals surface area contributed by atoms with Gasteiger partial charge in [-0.15, -0.1) is 5.06 Å². The summed E-state index contributed by atoms with van der Waals surface area (Å²) < 4.78 is 65.6. The summed E-state index contributed by atoms with van der Waals surface area (Å²) in [6.45, 7) is -0.488. The van der Waals surface area contributed by atoms with Gasteiger partial charge in [-0.2, -0.15) is 13.2 Å². The molecular weight excluding hydrogens is 514 g/mol. The van der Waals surface area contributed by atoms with Crippen LogP contribution in [0.2, 0.25) is 5.02 Å². The van der Waals surface area contributed by atoms with Gasteiger partial charge in [-0.25, -0.2) is 18.5 Å². The lowest BCUT2D eigenvalue weighted by Crippen LogP contribution is -2.41. The van der Waals surface area contributed by atoms with Crippen LogP contribution >= 0.6 is 11.6 Å². The standard InChI is InChI=1S/C22H18ClF4N3O6/c1-28(2)36-20(32)11-34-15-6-4-5-7-16(15)35-17-9-14(13(24)8-12(17)23)30-19(31)10-18(22(25,26)27)29(3)21(30)33/h4-10H,11H2,1-3H3. The van der Waals surface area contributed by atoms with Crippen molar-refractivity contribution in [3.05, 3.63) is 79.8 Å². The third kappa shape index (κ3) is 5.86. The van der Waals surface area contributed by atoms with E-state index in [0.717, 1.165) is 19.2 Å². The first-order chi connectivity index (χ1) is 16.8. The Morgan fingerprint density at radius 3 is 2.31 bits per heavy atom. The monoisotopic (exact) mass is 531 g/mol. The topological polar surface area (TPSA) is 92.0 Å². The zero-order valence-electron chi connectivity index (χ0n) is 18.9. The van der Waals surface area contributed by atoms with Crippen molar-refractivity contribution < 1.29 is 36.7 Å². The predicted octanol–water partition coefficient (Wildman–Crippen LogP) is 3.54. The second kappa shape index (κ2) is 10.4. The van der Waals surface area contributed by atoms with E-state index in [1.807, 2.05) is 0 Å². The Morgan fingerprint density at radius 2 is 1.69 bits per heavy atom. The second-order valence-electron chi connectivity index (χ2n) is 7.39. The van der Waals surface area contributed by atoms with Crippen LogP contribution in [0.4, 0.5) is 17.6 Å². The van der Waals surface area contributed by atoms with Gasteiger partial charge in [0.15, 0.2) is 18.1 Å². The molecule has 2 aromatic carbocycles. The maximum Gasteiger partial charge on any atom is 0.431 e. The SMILES string of the molecule is CN(C)OC(=O)COc1ccccc1Oc1cc(-n2c(=O)cc(C(F)(F)F)n(C)c2=O)c(F)cc1Cl. The fourth-order valence-corrected chi connectivity index (χ4v) is 3.22. The summed E-state index contributed by atoms with van der Waals surface area (Å²) >= 11 is 6.07. The average molecular weight is 532 g/mol. The van der Waals surface area contributed by atoms with Crippen LogP contribution in [0.25, 0.3) is 5.69 Å². The fourth-order valence-electron chi connectivity index (χ4n) is 3.03. The summed E-state index contributed by atoms with van der Waals surface area (Å²) in [7, 11) is 3.79. The Balaban J connectivity index is 2.02. The van der Waals surface area contributed by atoms with E-state index in [4.69, 9.17) is 25.9 Å². The minimum Gasteiger partial charge on any atom is -0.478 e. The van der Waals surface area contributed by atoms with E-state index in [1.165, 1.54) is 31.3 Å². The van der Waals surface area contributed by atoms with E-state index in [0.29, 0.717) is 0 Å². The van der Waals surface area contributed by atoms with Crippen LogP contribution in [-0.4, -0.2) is 40.9 Å². The van der Waals surface area contributed by atoms with Crippen LogP contribution in [0.15, 0.2) is 52.1 Å². The molecule has 36 heavy (non-hydrogen) atoms. The number of para-hydroxylation sites is 2. The van der Waals surface area contributed by atoms with Crippen LogP contribution in [0, 0.1) is 5.82 Å². The number of hydrogen-bond donors (Lipinski definition) is 0. The molecule has 0 saturated carbocycles. The molecule has 14 heteroatoms. The van der Waals surface area contributed by atoms with Crippen LogP contribution in [0.5, 0.6) is 17.2 Å². The van der Waals surface area contributed by atoms with E-state index < -0.39 is 47.2 Å². The lowest BCUT2D eigenvalue weighted by molar-refractivity contribution is -0.180. The van der Waals surface area contributed by atoms with Crippen LogP contribution in [0.3, 0.4) is 0 Å². The molecule has 0 atom stereocenters. The number of halogens is 5. The Labute approximate surface area is 205 Å². The van der Waals surface area contributed by atoms with Crippen LogP contribution in [-0.2, 0) is 22.9 Å². The van der Waals surface area contributed by atoms with Crippen molar-refractivity contribution >= 4 is 17.6 Å². The van der Waals surface area contributed by atoms with Gasteiger partial charge in [0.25, 0.3) is 5.56 Å². The first-order valence-electron chi connectivity index (χ1n) is 9.97. The van der Waals surface area contributed by atoms with E-state index in [1.54, 1.807) is 12.1 Å². The van der Waals surface area contributed by atoms with Crippen molar-refractivity contribution in [2.45, 2.75) is 6.18 Å². The van der Waals surface area contributed by atoms with Crippen molar-refractivity contribution in [1.82, 2.24) is 14.2 Å². The van der Waals surface area contributed by atoms with Gasteiger partial charge in [0.05, 0.1) is 10.7 Å². The Kier molecular flexibility index (Phi) is 7.74. The Hall–Kier alpha value is -3.84. The third-order valence-corrected chi connectivity index (χ3v) is 4.85. The van der Waals surface area contributed by atoms with Crippen molar-refractivity contribution in [2.75, 3.05) is 20.7 Å². The number of benzene rings is 2. The maximum absolute atomic E-state index is 14.7. The summed E-state index contributed by atoms with van der Waals surface area (Å²) in [6.07, 6.45) is -4.98. The molecule has 0 fully saturated rings. The highest BCUT2D eigenvalue weighted by Crippen LogP contribution is 2.37. The average Bonchev–Trinajstić information content (AvgIpc) is 2.77. The number of aromatic nitrogens is 2. The maximum atomic E-state index is 14.7. The highest BCUT2D eigenvalue weighted by atomic mass is 35.5. The van der Waals surface area contributed by atoms with E-state index in [2.05, 4.69) is 0 Å². The molecule has 0 amide bonds. The summed E-state index contributed by atoms with van der Waals surface area (Å²) in [4.78, 5) is 41.5. The zero-order valence-corrected chi connectivity index (χ0v) is 19.7. The number of alkyl halides is 3. The number of rotatable bonds is 7. The van der Waals surface area contributed by atoms with Gasteiger partial charge in [0.1, 0.15) is 17.3 Å². The molecule has 9 nitrogen and oxygen atoms in total. The van der Waals surface area contributed by atoms with Crippen molar-refractivity contribution in [3.63, 3.8) is 0 Å². The van der Waals surface area contributed by atoms with Crippen LogP contribution in [0.1, 0.15) is 5.69 Å². The molecule has 0 aliphatic rings. The minimum absolute atomic E-state index is 0.0160. The normalized spacial score (nSPS) is 11.5. The van der Waals surface area contributed by atoms with Crippen molar-refractivity contribution in [3.8, 4) is 22.9 Å². The molecule has 1 aromatic heterocycles. The van der Waals surface area contributed by atoms with Gasteiger partial charge in [-0.05, 0) is 18.2 Å². The van der Waals surface area contributed by atoms with Crippen molar-refractivity contribution in [1.29, 1.82) is 0 Å². The second-order valence-corrected chi connectivity index (χ2v) is 7.80. The minimum atomic E-state index is -4.98. The molecule has 0 radical (unpaired) electrons. The molecule has 3 rings (SSSR count). The largest absolute Gasteiger partial charge is 0.478 e. The van der Waals surface area contributed by atoms with Gasteiger partial charge >= 0.3 is 17.8 Å². The number of carbonyl (C=O) groups is 1. The first kappa shape index (κ1) is 26.8. The molecule has 0 saturated heterocycles. The number of hydrogen-bond acceptors (Lipinski definition) is 7. The molecule has 192 valence electrons. The van der Waals surface area contributed by atoms with Gasteiger partial charge in [0, 0.05) is 33.3 Å². The van der Waals surface area contributed by atoms with Gasteiger partial charge in [0.2, 0.25) is 0 Å². The predicted molar refractivity (Wildman–Crippen MR) is 119 cm³/mol. The molecule has 0 aliphatic carbocycles. The lowest BCUT2D eigenvalue weighted by atomic mass is 10.2. The van der Waals surface area contributed by atoms with E-state index in [-0.39, 0.29) is 37.5 Å². The highest BCUT2D eigenvalue weighted by molar-refractivity contribution is 6.32. The van der Waals surface area contributed by atoms with Gasteiger partial charge in [-0.3, -0.25) is 9.36 Å². The molecule has 1 heterocycles. The Morgan fingerprint density at radius 1 is 1.06 bits per heavy atom. The van der Waals surface area contributed by atoms with Crippen molar-refractivity contribution in [2.24, 2.45) is 7.05 Å². The quantitative estimate of drug-likeness (QED) is 0.340.